The Labute approximate surface area is 227 Å². The maximum Gasteiger partial charge on any atom is 0.418 e. The molecular weight excluding hydrogens is 545 g/mol. The maximum absolute atomic E-state index is 14.0. The largest absolute Gasteiger partial charge is 0.418 e. The fraction of sp³-hybridized carbons (Fsp3) is 0.480. The highest BCUT2D eigenvalue weighted by Gasteiger charge is 2.36. The number of alkyl halides is 3. The number of nitrogens with zero attached hydrogens (tertiary/aromatic N) is 2. The van der Waals surface area contributed by atoms with Crippen LogP contribution in [-0.2, 0) is 20.5 Å². The predicted molar refractivity (Wildman–Crippen MR) is 139 cm³/mol. The third-order valence-corrected chi connectivity index (χ3v) is 7.95. The van der Waals surface area contributed by atoms with E-state index in [1.165, 1.54) is 11.0 Å². The van der Waals surface area contributed by atoms with E-state index in [-0.39, 0.29) is 32.0 Å². The van der Waals surface area contributed by atoms with Crippen molar-refractivity contribution in [3.63, 3.8) is 0 Å². The van der Waals surface area contributed by atoms with Crippen LogP contribution in [0.25, 0.3) is 0 Å². The number of carbonyl (C=O) groups excluding carboxylic acids is 3. The highest BCUT2D eigenvalue weighted by molar-refractivity contribution is 7.18. The van der Waals surface area contributed by atoms with Crippen molar-refractivity contribution < 1.29 is 32.3 Å². The molecule has 13 heteroatoms. The Bertz CT molecular complexity index is 1190. The minimum Gasteiger partial charge on any atom is -0.370 e. The summed E-state index contributed by atoms with van der Waals surface area (Å²) in [6, 6.07) is 5.59. The number of carbonyl (C=O) groups is 3. The number of ether oxygens (including phenoxy) is 1. The molecule has 2 fully saturated rings. The van der Waals surface area contributed by atoms with Gasteiger partial charge in [-0.3, -0.25) is 19.3 Å². The van der Waals surface area contributed by atoms with Gasteiger partial charge in [0.1, 0.15) is 12.6 Å². The van der Waals surface area contributed by atoms with Crippen molar-refractivity contribution in [3.8, 4) is 0 Å². The first-order valence-corrected chi connectivity index (χ1v) is 13.4. The third-order valence-electron chi connectivity index (χ3n) is 6.72. The van der Waals surface area contributed by atoms with Gasteiger partial charge in [0, 0.05) is 25.3 Å². The van der Waals surface area contributed by atoms with Gasteiger partial charge in [-0.05, 0) is 56.1 Å². The molecule has 3 amide bonds. The number of rotatable bonds is 9. The number of benzene rings is 1. The van der Waals surface area contributed by atoms with Crippen LogP contribution in [-0.4, -0.2) is 68.6 Å². The highest BCUT2D eigenvalue weighted by Crippen LogP contribution is 2.38. The third kappa shape index (κ3) is 6.85. The average Bonchev–Trinajstić information content (AvgIpc) is 3.28. The maximum atomic E-state index is 14.0. The van der Waals surface area contributed by atoms with E-state index in [4.69, 9.17) is 16.3 Å². The topological polar surface area (TPSA) is 91.0 Å². The summed E-state index contributed by atoms with van der Waals surface area (Å²) in [5.74, 6) is -1.16. The number of morpholine rings is 1. The van der Waals surface area contributed by atoms with Crippen molar-refractivity contribution >= 4 is 52.0 Å². The molecule has 0 radical (unpaired) electrons. The quantitative estimate of drug-likeness (QED) is 0.469. The molecule has 1 aromatic heterocycles. The molecule has 1 saturated carbocycles. The lowest BCUT2D eigenvalue weighted by Crippen LogP contribution is -2.51. The van der Waals surface area contributed by atoms with Gasteiger partial charge in [-0.2, -0.15) is 13.2 Å². The van der Waals surface area contributed by atoms with E-state index in [9.17, 15) is 27.6 Å². The molecule has 206 valence electrons. The van der Waals surface area contributed by atoms with E-state index >= 15 is 0 Å². The molecule has 0 bridgehead atoms. The zero-order chi connectivity index (χ0) is 27.4. The standard InChI is InChI=1S/C25H28ClF3N4O4S/c1-32(13-15-3-2-4-15)19(12-30-24(36)20-7-8-21(26)38-20)23(35)31-18-6-5-16(11-17(18)25(27,28)29)33-9-10-37-14-22(33)34/h5-8,11,15,19H,2-4,9-10,12-14H2,1H3,(H,30,36)(H,31,35)/t19-/m0/s1. The molecule has 0 unspecified atom stereocenters. The first kappa shape index (κ1) is 28.3. The number of thiophene rings is 1. The van der Waals surface area contributed by atoms with Gasteiger partial charge in [-0.15, -0.1) is 11.3 Å². The molecule has 38 heavy (non-hydrogen) atoms. The number of hydrogen-bond donors (Lipinski definition) is 2. The normalized spacial score (nSPS) is 17.3. The summed E-state index contributed by atoms with van der Waals surface area (Å²) in [4.78, 5) is 41.4. The van der Waals surface area contributed by atoms with Crippen molar-refractivity contribution in [2.45, 2.75) is 31.5 Å². The molecule has 1 atom stereocenters. The second-order valence-corrected chi connectivity index (χ2v) is 11.1. The van der Waals surface area contributed by atoms with E-state index in [0.717, 1.165) is 42.7 Å². The van der Waals surface area contributed by atoms with Gasteiger partial charge in [-0.25, -0.2) is 0 Å². The molecule has 1 aliphatic heterocycles. The highest BCUT2D eigenvalue weighted by atomic mass is 35.5. The van der Waals surface area contributed by atoms with E-state index in [1.807, 2.05) is 0 Å². The number of amides is 3. The Morgan fingerprint density at radius 1 is 1.26 bits per heavy atom. The van der Waals surface area contributed by atoms with Crippen LogP contribution in [0.4, 0.5) is 24.5 Å². The number of nitrogens with one attached hydrogen (secondary N) is 2. The first-order valence-electron chi connectivity index (χ1n) is 12.2. The lowest BCUT2D eigenvalue weighted by atomic mass is 9.85. The van der Waals surface area contributed by atoms with Gasteiger partial charge >= 0.3 is 6.18 Å². The van der Waals surface area contributed by atoms with Crippen molar-refractivity contribution in [2.24, 2.45) is 5.92 Å². The number of anilines is 2. The monoisotopic (exact) mass is 572 g/mol. The van der Waals surface area contributed by atoms with Gasteiger partial charge in [0.05, 0.1) is 27.1 Å². The Hall–Kier alpha value is -2.67. The zero-order valence-electron chi connectivity index (χ0n) is 20.6. The molecule has 2 aromatic rings. The molecule has 8 nitrogen and oxygen atoms in total. The molecule has 2 N–H and O–H groups in total. The van der Waals surface area contributed by atoms with Crippen LogP contribution in [0, 0.1) is 5.92 Å². The lowest BCUT2D eigenvalue weighted by molar-refractivity contribution is -0.137. The van der Waals surface area contributed by atoms with E-state index in [1.54, 1.807) is 24.1 Å². The summed E-state index contributed by atoms with van der Waals surface area (Å²) < 4.78 is 47.5. The fourth-order valence-electron chi connectivity index (χ4n) is 4.42. The SMILES string of the molecule is CN(CC1CCC1)[C@@H](CNC(=O)c1ccc(Cl)s1)C(=O)Nc1ccc(N2CCOCC2=O)cc1C(F)(F)F. The van der Waals surface area contributed by atoms with Crippen LogP contribution in [0.3, 0.4) is 0 Å². The summed E-state index contributed by atoms with van der Waals surface area (Å²) in [6.45, 7) is 0.599. The van der Waals surface area contributed by atoms with Crippen LogP contribution in [0.1, 0.15) is 34.5 Å². The Kier molecular flexibility index (Phi) is 8.96. The van der Waals surface area contributed by atoms with Gasteiger partial charge in [-0.1, -0.05) is 18.0 Å². The lowest BCUT2D eigenvalue weighted by Gasteiger charge is -2.34. The second kappa shape index (κ2) is 12.0. The number of likely N-dealkylation sites (N-methyl/N-ethyl adjacent to an activating group) is 1. The van der Waals surface area contributed by atoms with Crippen molar-refractivity contribution in [2.75, 3.05) is 50.1 Å². The van der Waals surface area contributed by atoms with Gasteiger partial charge in [0.2, 0.25) is 5.91 Å². The van der Waals surface area contributed by atoms with Gasteiger partial charge in [0.25, 0.3) is 11.8 Å². The fourth-order valence-corrected chi connectivity index (χ4v) is 5.38. The van der Waals surface area contributed by atoms with Crippen molar-refractivity contribution in [3.05, 3.63) is 45.1 Å². The Balaban J connectivity index is 1.54. The zero-order valence-corrected chi connectivity index (χ0v) is 22.2. The minimum atomic E-state index is -4.78. The summed E-state index contributed by atoms with van der Waals surface area (Å²) in [7, 11) is 1.72. The van der Waals surface area contributed by atoms with E-state index in [0.29, 0.717) is 21.7 Å². The van der Waals surface area contributed by atoms with Crippen LogP contribution < -0.4 is 15.5 Å². The Morgan fingerprint density at radius 3 is 2.63 bits per heavy atom. The average molecular weight is 573 g/mol. The van der Waals surface area contributed by atoms with Gasteiger partial charge < -0.3 is 20.3 Å². The molecule has 1 saturated heterocycles. The molecule has 1 aliphatic carbocycles. The molecule has 0 spiro atoms. The smallest absolute Gasteiger partial charge is 0.370 e. The van der Waals surface area contributed by atoms with E-state index < -0.39 is 41.2 Å². The van der Waals surface area contributed by atoms with E-state index in [2.05, 4.69) is 10.6 Å². The minimum absolute atomic E-state index is 0.0733. The molecule has 1 aromatic carbocycles. The molecule has 2 aliphatic rings. The summed E-state index contributed by atoms with van der Waals surface area (Å²) >= 11 is 6.99. The predicted octanol–water partition coefficient (Wildman–Crippen LogP) is 4.25. The van der Waals surface area contributed by atoms with Crippen LogP contribution in [0.5, 0.6) is 0 Å². The van der Waals surface area contributed by atoms with Crippen LogP contribution in [0.2, 0.25) is 4.34 Å². The summed E-state index contributed by atoms with van der Waals surface area (Å²) in [5, 5.41) is 5.12. The molecule has 2 heterocycles. The number of halogens is 4. The summed E-state index contributed by atoms with van der Waals surface area (Å²) in [5.41, 5.74) is -1.42. The second-order valence-electron chi connectivity index (χ2n) is 9.38. The van der Waals surface area contributed by atoms with Gasteiger partial charge in [0.15, 0.2) is 0 Å². The van der Waals surface area contributed by atoms with Crippen LogP contribution in [0.15, 0.2) is 30.3 Å². The Morgan fingerprint density at radius 2 is 2.03 bits per heavy atom. The molecule has 4 rings (SSSR count). The van der Waals surface area contributed by atoms with Crippen molar-refractivity contribution in [1.29, 1.82) is 0 Å². The van der Waals surface area contributed by atoms with Crippen molar-refractivity contribution in [1.82, 2.24) is 10.2 Å². The summed E-state index contributed by atoms with van der Waals surface area (Å²) in [6.07, 6.45) is -1.66. The molecular formula is C25H28ClF3N4O4S. The first-order chi connectivity index (χ1) is 18.0. The van der Waals surface area contributed by atoms with Crippen LogP contribution >= 0.6 is 22.9 Å². The number of hydrogen-bond acceptors (Lipinski definition) is 6.